The fourth-order valence-electron chi connectivity index (χ4n) is 1.66. The van der Waals surface area contributed by atoms with Crippen LogP contribution in [0.15, 0.2) is 28.9 Å². The predicted octanol–water partition coefficient (Wildman–Crippen LogP) is 3.44. The highest BCUT2D eigenvalue weighted by Gasteiger charge is 2.10. The molecule has 0 aliphatic heterocycles. The van der Waals surface area contributed by atoms with Crippen LogP contribution in [0.1, 0.15) is 24.1 Å². The van der Waals surface area contributed by atoms with E-state index in [2.05, 4.69) is 31.2 Å². The van der Waals surface area contributed by atoms with Crippen molar-refractivity contribution in [3.63, 3.8) is 0 Å². The molecular weight excluding hydrogens is 311 g/mol. The maximum atomic E-state index is 13.5. The van der Waals surface area contributed by atoms with E-state index in [0.717, 1.165) is 5.56 Å². The Morgan fingerprint density at radius 2 is 2.05 bits per heavy atom. The van der Waals surface area contributed by atoms with Gasteiger partial charge in [0.05, 0.1) is 6.04 Å². The second-order valence-electron chi connectivity index (χ2n) is 4.31. The topological polar surface area (TPSA) is 63.8 Å². The van der Waals surface area contributed by atoms with Crippen molar-refractivity contribution in [2.24, 2.45) is 0 Å². The van der Waals surface area contributed by atoms with E-state index in [1.165, 1.54) is 6.07 Å². The number of hydrogen-bond acceptors (Lipinski definition) is 4. The van der Waals surface area contributed by atoms with E-state index in [4.69, 9.17) is 5.73 Å². The molecule has 3 N–H and O–H groups in total. The molecule has 100 valence electrons. The second kappa shape index (κ2) is 5.52. The van der Waals surface area contributed by atoms with Crippen molar-refractivity contribution < 1.29 is 4.39 Å². The number of anilines is 2. The molecule has 2 aromatic rings. The molecule has 4 nitrogen and oxygen atoms in total. The van der Waals surface area contributed by atoms with E-state index in [1.54, 1.807) is 19.1 Å². The molecule has 0 aliphatic carbocycles. The van der Waals surface area contributed by atoms with Gasteiger partial charge < -0.3 is 11.1 Å². The van der Waals surface area contributed by atoms with Crippen molar-refractivity contribution >= 4 is 27.7 Å². The molecule has 2 rings (SSSR count). The molecule has 0 saturated carbocycles. The number of benzene rings is 1. The first-order chi connectivity index (χ1) is 8.95. The number of aromatic nitrogens is 2. The predicted molar refractivity (Wildman–Crippen MR) is 77.3 cm³/mol. The highest BCUT2D eigenvalue weighted by atomic mass is 79.9. The van der Waals surface area contributed by atoms with E-state index in [9.17, 15) is 4.39 Å². The van der Waals surface area contributed by atoms with Crippen molar-refractivity contribution in [1.29, 1.82) is 0 Å². The Kier molecular flexibility index (Phi) is 3.99. The lowest BCUT2D eigenvalue weighted by Crippen LogP contribution is -2.10. The maximum Gasteiger partial charge on any atom is 0.226 e. The molecule has 19 heavy (non-hydrogen) atoms. The number of rotatable bonds is 3. The van der Waals surface area contributed by atoms with Crippen LogP contribution >= 0.6 is 15.9 Å². The molecule has 1 aromatic carbocycles. The number of nitrogens with one attached hydrogen (secondary N) is 1. The van der Waals surface area contributed by atoms with E-state index >= 15 is 0 Å². The van der Waals surface area contributed by atoms with Crippen molar-refractivity contribution in [2.45, 2.75) is 19.9 Å². The summed E-state index contributed by atoms with van der Waals surface area (Å²) in [6.07, 6.45) is 0. The number of nitrogens with two attached hydrogens (primary N) is 1. The standard InChI is InChI=1S/C13H14BrFN4/c1-7-3-4-9(5-10(7)15)8(2)17-13-18-11(14)6-12(16)19-13/h3-6,8H,1-2H3,(H3,16,17,18,19). The summed E-state index contributed by atoms with van der Waals surface area (Å²) < 4.78 is 14.1. The number of nitrogen functional groups attached to an aromatic ring is 1. The zero-order valence-corrected chi connectivity index (χ0v) is 12.2. The Morgan fingerprint density at radius 1 is 1.32 bits per heavy atom. The lowest BCUT2D eigenvalue weighted by atomic mass is 10.1. The van der Waals surface area contributed by atoms with Crippen molar-refractivity contribution in [1.82, 2.24) is 9.97 Å². The first-order valence-corrected chi connectivity index (χ1v) is 6.57. The molecule has 0 saturated heterocycles. The zero-order chi connectivity index (χ0) is 14.0. The van der Waals surface area contributed by atoms with Gasteiger partial charge in [-0.15, -0.1) is 0 Å². The molecule has 6 heteroatoms. The van der Waals surface area contributed by atoms with Crippen molar-refractivity contribution in [3.8, 4) is 0 Å². The third-order valence-corrected chi connectivity index (χ3v) is 3.16. The van der Waals surface area contributed by atoms with Crippen molar-refractivity contribution in [3.05, 3.63) is 45.8 Å². The first kappa shape index (κ1) is 13.7. The fourth-order valence-corrected chi connectivity index (χ4v) is 2.06. The van der Waals surface area contributed by atoms with E-state index in [-0.39, 0.29) is 11.9 Å². The zero-order valence-electron chi connectivity index (χ0n) is 10.6. The summed E-state index contributed by atoms with van der Waals surface area (Å²) in [5.41, 5.74) is 7.08. The van der Waals surface area contributed by atoms with Crippen LogP contribution in [0.3, 0.4) is 0 Å². The summed E-state index contributed by atoms with van der Waals surface area (Å²) in [5, 5.41) is 3.09. The van der Waals surface area contributed by atoms with Crippen LogP contribution in [0.4, 0.5) is 16.2 Å². The second-order valence-corrected chi connectivity index (χ2v) is 5.13. The minimum Gasteiger partial charge on any atom is -0.383 e. The molecule has 1 aromatic heterocycles. The first-order valence-electron chi connectivity index (χ1n) is 5.78. The van der Waals surface area contributed by atoms with Crippen molar-refractivity contribution in [2.75, 3.05) is 11.1 Å². The minimum atomic E-state index is -0.221. The van der Waals surface area contributed by atoms with Gasteiger partial charge in [-0.05, 0) is 47.0 Å². The molecular formula is C13H14BrFN4. The summed E-state index contributed by atoms with van der Waals surface area (Å²) in [5.74, 6) is 0.549. The monoisotopic (exact) mass is 324 g/mol. The number of halogens is 2. The molecule has 0 radical (unpaired) electrons. The van der Waals surface area contributed by atoms with Crippen LogP contribution in [-0.2, 0) is 0 Å². The number of hydrogen-bond donors (Lipinski definition) is 2. The molecule has 0 aliphatic rings. The summed E-state index contributed by atoms with van der Waals surface area (Å²) in [6, 6.07) is 6.62. The number of aryl methyl sites for hydroxylation is 1. The van der Waals surface area contributed by atoms with Gasteiger partial charge in [0.2, 0.25) is 5.95 Å². The van der Waals surface area contributed by atoms with Gasteiger partial charge in [-0.2, -0.15) is 4.98 Å². The van der Waals surface area contributed by atoms with Gasteiger partial charge in [0, 0.05) is 6.07 Å². The summed E-state index contributed by atoms with van der Waals surface area (Å²) >= 11 is 3.25. The lowest BCUT2D eigenvalue weighted by Gasteiger charge is -2.15. The summed E-state index contributed by atoms with van der Waals surface area (Å²) in [6.45, 7) is 3.64. The Hall–Kier alpha value is -1.69. The quantitative estimate of drug-likeness (QED) is 0.849. The van der Waals surface area contributed by atoms with Crippen LogP contribution in [0.2, 0.25) is 0 Å². The smallest absolute Gasteiger partial charge is 0.226 e. The molecule has 0 fully saturated rings. The minimum absolute atomic E-state index is 0.121. The van der Waals surface area contributed by atoms with Crippen LogP contribution < -0.4 is 11.1 Å². The maximum absolute atomic E-state index is 13.5. The van der Waals surface area contributed by atoms with Gasteiger partial charge in [-0.1, -0.05) is 12.1 Å². The highest BCUT2D eigenvalue weighted by molar-refractivity contribution is 9.10. The van der Waals surface area contributed by atoms with Gasteiger partial charge in [-0.3, -0.25) is 0 Å². The van der Waals surface area contributed by atoms with Crippen LogP contribution in [0, 0.1) is 12.7 Å². The average Bonchev–Trinajstić information content (AvgIpc) is 2.31. The Labute approximate surface area is 119 Å². The SMILES string of the molecule is Cc1ccc(C(C)Nc2nc(N)cc(Br)n2)cc1F. The molecule has 0 spiro atoms. The van der Waals surface area contributed by atoms with Gasteiger partial charge >= 0.3 is 0 Å². The molecule has 1 unspecified atom stereocenters. The third kappa shape index (κ3) is 3.41. The van der Waals surface area contributed by atoms with Crippen LogP contribution in [0.25, 0.3) is 0 Å². The van der Waals surface area contributed by atoms with E-state index in [1.807, 2.05) is 13.0 Å². The third-order valence-electron chi connectivity index (χ3n) is 2.76. The van der Waals surface area contributed by atoms with E-state index < -0.39 is 0 Å². The normalized spacial score (nSPS) is 12.2. The van der Waals surface area contributed by atoms with E-state index in [0.29, 0.717) is 21.9 Å². The van der Waals surface area contributed by atoms with Crippen LogP contribution in [0.5, 0.6) is 0 Å². The Bertz CT molecular complexity index is 583. The molecule has 0 amide bonds. The lowest BCUT2D eigenvalue weighted by molar-refractivity contribution is 0.614. The van der Waals surface area contributed by atoms with Gasteiger partial charge in [0.1, 0.15) is 16.2 Å². The largest absolute Gasteiger partial charge is 0.383 e. The van der Waals surface area contributed by atoms with Gasteiger partial charge in [0.25, 0.3) is 0 Å². The number of nitrogens with zero attached hydrogens (tertiary/aromatic N) is 2. The summed E-state index contributed by atoms with van der Waals surface area (Å²) in [7, 11) is 0. The Balaban J connectivity index is 2.20. The molecule has 1 atom stereocenters. The average molecular weight is 325 g/mol. The van der Waals surface area contributed by atoms with Crippen LogP contribution in [-0.4, -0.2) is 9.97 Å². The van der Waals surface area contributed by atoms with Gasteiger partial charge in [-0.25, -0.2) is 9.37 Å². The fraction of sp³-hybridized carbons (Fsp3) is 0.231. The Morgan fingerprint density at radius 3 is 2.68 bits per heavy atom. The van der Waals surface area contributed by atoms with Gasteiger partial charge in [0.15, 0.2) is 0 Å². The molecule has 0 bridgehead atoms. The highest BCUT2D eigenvalue weighted by Crippen LogP contribution is 2.21. The summed E-state index contributed by atoms with van der Waals surface area (Å²) in [4.78, 5) is 8.23. The molecule has 1 heterocycles.